The third-order valence-electron chi connectivity index (χ3n) is 4.77. The molecule has 1 fully saturated rings. The second kappa shape index (κ2) is 8.79. The lowest BCUT2D eigenvalue weighted by molar-refractivity contribution is 0.0338. The molecule has 8 heteroatoms. The van der Waals surface area contributed by atoms with Crippen LogP contribution in [0.4, 0.5) is 0 Å². The summed E-state index contributed by atoms with van der Waals surface area (Å²) in [5, 5.41) is 6.60. The summed E-state index contributed by atoms with van der Waals surface area (Å²) in [7, 11) is 3.21. The number of benzene rings is 1. The molecule has 2 heterocycles. The Morgan fingerprint density at radius 3 is 2.85 bits per heavy atom. The Labute approximate surface area is 158 Å². The molecule has 0 spiro atoms. The highest BCUT2D eigenvalue weighted by Crippen LogP contribution is 2.46. The molecule has 0 aromatic heterocycles. The fourth-order valence-electron chi connectivity index (χ4n) is 3.34. The molecule has 1 unspecified atom stereocenters. The van der Waals surface area contributed by atoms with Gasteiger partial charge in [0.15, 0.2) is 11.5 Å². The van der Waals surface area contributed by atoms with Crippen LogP contribution in [-0.2, 0) is 4.74 Å². The number of rotatable bonds is 5. The maximum atomic E-state index is 12.8. The van der Waals surface area contributed by atoms with Crippen molar-refractivity contribution in [2.75, 3.05) is 47.1 Å². The summed E-state index contributed by atoms with van der Waals surface area (Å²) in [4.78, 5) is 12.8. The first-order valence-corrected chi connectivity index (χ1v) is 9.21. The number of fused-ring (bicyclic) bond motifs is 1. The van der Waals surface area contributed by atoms with Gasteiger partial charge in [0.05, 0.1) is 37.0 Å². The standard InChI is InChI=1S/C18H25ClN2O5/c1-23-14-10-20-5-4-11(14)9-21-18(22)12-8-13(19)16(24-2)17-15(12)25-6-3-7-26-17/h8,11,14,20H,3-7,9-10H2,1-2H3,(H,21,22)/t11-,14?/m0/s1. The monoisotopic (exact) mass is 384 g/mol. The van der Waals surface area contributed by atoms with Crippen LogP contribution in [0, 0.1) is 5.92 Å². The molecular weight excluding hydrogens is 360 g/mol. The SMILES string of the molecule is COc1c(Cl)cc(C(=O)NC[C@@H]2CCNCC2OC)c2c1OCCCO2. The number of carbonyl (C=O) groups excluding carboxylic acids is 1. The molecule has 2 aliphatic heterocycles. The molecule has 0 saturated carbocycles. The van der Waals surface area contributed by atoms with Crippen molar-refractivity contribution < 1.29 is 23.7 Å². The zero-order chi connectivity index (χ0) is 18.5. The molecule has 1 aromatic rings. The highest BCUT2D eigenvalue weighted by Gasteiger charge is 2.28. The summed E-state index contributed by atoms with van der Waals surface area (Å²) < 4.78 is 22.3. The predicted octanol–water partition coefficient (Wildman–Crippen LogP) is 1.86. The van der Waals surface area contributed by atoms with Crippen molar-refractivity contribution in [3.05, 3.63) is 16.7 Å². The quantitative estimate of drug-likeness (QED) is 0.807. The van der Waals surface area contributed by atoms with Gasteiger partial charge < -0.3 is 29.6 Å². The van der Waals surface area contributed by atoms with E-state index in [4.69, 9.17) is 30.5 Å². The summed E-state index contributed by atoms with van der Waals surface area (Å²) in [5.41, 5.74) is 0.357. The topological polar surface area (TPSA) is 78.1 Å². The molecule has 2 N–H and O–H groups in total. The maximum absolute atomic E-state index is 12.8. The lowest BCUT2D eigenvalue weighted by Crippen LogP contribution is -2.46. The lowest BCUT2D eigenvalue weighted by atomic mass is 9.95. The van der Waals surface area contributed by atoms with E-state index in [0.29, 0.717) is 47.6 Å². The number of hydrogen-bond acceptors (Lipinski definition) is 6. The van der Waals surface area contributed by atoms with Crippen molar-refractivity contribution in [1.82, 2.24) is 10.6 Å². The lowest BCUT2D eigenvalue weighted by Gasteiger charge is -2.31. The summed E-state index contributed by atoms with van der Waals surface area (Å²) in [5.74, 6) is 1.17. The molecular formula is C18H25ClN2O5. The van der Waals surface area contributed by atoms with E-state index in [1.54, 1.807) is 13.2 Å². The van der Waals surface area contributed by atoms with Gasteiger partial charge in [-0.25, -0.2) is 0 Å². The van der Waals surface area contributed by atoms with Crippen LogP contribution >= 0.6 is 11.6 Å². The zero-order valence-corrected chi connectivity index (χ0v) is 15.9. The van der Waals surface area contributed by atoms with Crippen LogP contribution in [0.2, 0.25) is 5.02 Å². The Bertz CT molecular complexity index is 655. The first-order valence-electron chi connectivity index (χ1n) is 8.83. The van der Waals surface area contributed by atoms with Crippen LogP contribution in [-0.4, -0.2) is 59.1 Å². The van der Waals surface area contributed by atoms with Gasteiger partial charge in [-0.1, -0.05) is 11.6 Å². The molecule has 0 aliphatic carbocycles. The number of carbonyl (C=O) groups is 1. The number of nitrogens with one attached hydrogen (secondary N) is 2. The van der Waals surface area contributed by atoms with Gasteiger partial charge in [0, 0.05) is 32.5 Å². The number of halogens is 1. The van der Waals surface area contributed by atoms with E-state index in [-0.39, 0.29) is 17.9 Å². The van der Waals surface area contributed by atoms with Crippen LogP contribution in [0.25, 0.3) is 0 Å². The van der Waals surface area contributed by atoms with Crippen LogP contribution in [0.3, 0.4) is 0 Å². The normalized spacial score (nSPS) is 22.4. The van der Waals surface area contributed by atoms with Gasteiger partial charge >= 0.3 is 0 Å². The minimum Gasteiger partial charge on any atom is -0.491 e. The molecule has 1 aromatic carbocycles. The van der Waals surface area contributed by atoms with Crippen molar-refractivity contribution in [1.29, 1.82) is 0 Å². The van der Waals surface area contributed by atoms with Crippen molar-refractivity contribution in [2.24, 2.45) is 5.92 Å². The molecule has 1 amide bonds. The Balaban J connectivity index is 1.79. The van der Waals surface area contributed by atoms with Crippen molar-refractivity contribution in [3.63, 3.8) is 0 Å². The Hall–Kier alpha value is -1.70. The maximum Gasteiger partial charge on any atom is 0.255 e. The fourth-order valence-corrected chi connectivity index (χ4v) is 3.62. The first-order chi connectivity index (χ1) is 12.7. The van der Waals surface area contributed by atoms with Gasteiger partial charge in [0.25, 0.3) is 5.91 Å². The average molecular weight is 385 g/mol. The Morgan fingerprint density at radius 2 is 2.12 bits per heavy atom. The summed E-state index contributed by atoms with van der Waals surface area (Å²) in [6.45, 7) is 3.19. The number of hydrogen-bond donors (Lipinski definition) is 2. The molecule has 3 rings (SSSR count). The number of methoxy groups -OCH3 is 2. The minimum atomic E-state index is -0.246. The number of amides is 1. The van der Waals surface area contributed by atoms with Gasteiger partial charge in [-0.2, -0.15) is 0 Å². The second-order valence-electron chi connectivity index (χ2n) is 6.38. The molecule has 144 valence electrons. The van der Waals surface area contributed by atoms with Crippen molar-refractivity contribution in [2.45, 2.75) is 18.9 Å². The van der Waals surface area contributed by atoms with Crippen molar-refractivity contribution >= 4 is 17.5 Å². The van der Waals surface area contributed by atoms with Gasteiger partial charge in [-0.15, -0.1) is 0 Å². The smallest absolute Gasteiger partial charge is 0.255 e. The molecule has 2 aliphatic rings. The molecule has 1 saturated heterocycles. The van der Waals surface area contributed by atoms with Gasteiger partial charge in [0.2, 0.25) is 5.75 Å². The highest BCUT2D eigenvalue weighted by atomic mass is 35.5. The fraction of sp³-hybridized carbons (Fsp3) is 0.611. The summed E-state index contributed by atoms with van der Waals surface area (Å²) in [6, 6.07) is 1.57. The molecule has 0 bridgehead atoms. The van der Waals surface area contributed by atoms with Crippen LogP contribution in [0.15, 0.2) is 6.07 Å². The average Bonchev–Trinajstić information content (AvgIpc) is 2.91. The second-order valence-corrected chi connectivity index (χ2v) is 6.79. The van der Waals surface area contributed by atoms with E-state index in [2.05, 4.69) is 10.6 Å². The zero-order valence-electron chi connectivity index (χ0n) is 15.1. The van der Waals surface area contributed by atoms with E-state index in [9.17, 15) is 4.79 Å². The van der Waals surface area contributed by atoms with Gasteiger partial charge in [0.1, 0.15) is 0 Å². The molecule has 7 nitrogen and oxygen atoms in total. The van der Waals surface area contributed by atoms with E-state index >= 15 is 0 Å². The van der Waals surface area contributed by atoms with E-state index < -0.39 is 0 Å². The van der Waals surface area contributed by atoms with Crippen LogP contribution in [0.5, 0.6) is 17.2 Å². The summed E-state index contributed by atoms with van der Waals surface area (Å²) in [6.07, 6.45) is 1.75. The Morgan fingerprint density at radius 1 is 1.35 bits per heavy atom. The third kappa shape index (κ3) is 4.00. The molecule has 26 heavy (non-hydrogen) atoms. The van der Waals surface area contributed by atoms with Gasteiger partial charge in [-0.3, -0.25) is 4.79 Å². The predicted molar refractivity (Wildman–Crippen MR) is 97.7 cm³/mol. The largest absolute Gasteiger partial charge is 0.491 e. The van der Waals surface area contributed by atoms with E-state index in [1.165, 1.54) is 7.11 Å². The highest BCUT2D eigenvalue weighted by molar-refractivity contribution is 6.33. The molecule has 2 atom stereocenters. The van der Waals surface area contributed by atoms with E-state index in [0.717, 1.165) is 25.9 Å². The molecule has 0 radical (unpaired) electrons. The van der Waals surface area contributed by atoms with E-state index in [1.807, 2.05) is 0 Å². The third-order valence-corrected chi connectivity index (χ3v) is 5.05. The summed E-state index contributed by atoms with van der Waals surface area (Å²) >= 11 is 6.29. The first kappa shape index (κ1) is 19.1. The Kier molecular flexibility index (Phi) is 6.45. The number of piperidine rings is 1. The number of ether oxygens (including phenoxy) is 4. The van der Waals surface area contributed by atoms with Crippen molar-refractivity contribution in [3.8, 4) is 17.2 Å². The van der Waals surface area contributed by atoms with Crippen LogP contribution in [0.1, 0.15) is 23.2 Å². The minimum absolute atomic E-state index is 0.0835. The van der Waals surface area contributed by atoms with Gasteiger partial charge in [-0.05, 0) is 19.0 Å². The van der Waals surface area contributed by atoms with Crippen LogP contribution < -0.4 is 24.8 Å².